The Kier molecular flexibility index (Phi) is 4.19. The number of imide groups is 1. The minimum atomic E-state index is -0.264. The van der Waals surface area contributed by atoms with E-state index in [0.717, 1.165) is 19.4 Å². The molecule has 0 bridgehead atoms. The molecule has 18 heavy (non-hydrogen) atoms. The number of carbonyl (C=O) groups excluding carboxylic acids is 2. The molecule has 6 heteroatoms. The summed E-state index contributed by atoms with van der Waals surface area (Å²) in [5, 5.41) is 2.65. The van der Waals surface area contributed by atoms with E-state index in [1.165, 1.54) is 4.90 Å². The number of nitrogens with zero attached hydrogens (tertiary/aromatic N) is 2. The van der Waals surface area contributed by atoms with E-state index in [4.69, 9.17) is 5.73 Å². The molecule has 0 aromatic rings. The van der Waals surface area contributed by atoms with Crippen molar-refractivity contribution in [3.8, 4) is 0 Å². The van der Waals surface area contributed by atoms with Crippen LogP contribution in [0.2, 0.25) is 0 Å². The van der Waals surface area contributed by atoms with E-state index in [1.807, 2.05) is 0 Å². The van der Waals surface area contributed by atoms with Crippen molar-refractivity contribution in [2.45, 2.75) is 25.8 Å². The van der Waals surface area contributed by atoms with Gasteiger partial charge in [-0.1, -0.05) is 0 Å². The van der Waals surface area contributed by atoms with E-state index in [0.29, 0.717) is 38.1 Å². The van der Waals surface area contributed by atoms with Crippen molar-refractivity contribution in [2.75, 3.05) is 32.7 Å². The maximum absolute atomic E-state index is 12.1. The first-order valence-corrected chi connectivity index (χ1v) is 6.64. The third-order valence-corrected chi connectivity index (χ3v) is 3.94. The van der Waals surface area contributed by atoms with Gasteiger partial charge in [-0.2, -0.15) is 0 Å². The highest BCUT2D eigenvalue weighted by Crippen LogP contribution is 2.21. The first kappa shape index (κ1) is 13.3. The van der Waals surface area contributed by atoms with Gasteiger partial charge in [0.1, 0.15) is 0 Å². The van der Waals surface area contributed by atoms with Gasteiger partial charge in [-0.15, -0.1) is 0 Å². The van der Waals surface area contributed by atoms with E-state index in [1.54, 1.807) is 0 Å². The largest absolute Gasteiger partial charge is 0.336 e. The van der Waals surface area contributed by atoms with Crippen LogP contribution in [-0.4, -0.2) is 60.5 Å². The van der Waals surface area contributed by atoms with Crippen LogP contribution >= 0.6 is 0 Å². The van der Waals surface area contributed by atoms with Gasteiger partial charge < -0.3 is 11.1 Å². The Hall–Kier alpha value is -1.14. The van der Waals surface area contributed by atoms with Crippen molar-refractivity contribution < 1.29 is 9.59 Å². The zero-order chi connectivity index (χ0) is 13.1. The topological polar surface area (TPSA) is 78.7 Å². The molecule has 2 heterocycles. The van der Waals surface area contributed by atoms with Crippen LogP contribution in [0.5, 0.6) is 0 Å². The van der Waals surface area contributed by atoms with Crippen molar-refractivity contribution >= 4 is 11.9 Å². The van der Waals surface area contributed by atoms with Gasteiger partial charge in [0.05, 0.1) is 6.54 Å². The molecule has 6 nitrogen and oxygen atoms in total. The third kappa shape index (κ3) is 2.81. The Morgan fingerprint density at radius 2 is 2.28 bits per heavy atom. The zero-order valence-electron chi connectivity index (χ0n) is 10.9. The maximum Gasteiger partial charge on any atom is 0.324 e. The van der Waals surface area contributed by atoms with Gasteiger partial charge >= 0.3 is 6.03 Å². The van der Waals surface area contributed by atoms with Crippen LogP contribution < -0.4 is 11.1 Å². The predicted molar refractivity (Wildman–Crippen MR) is 67.9 cm³/mol. The van der Waals surface area contributed by atoms with Crippen LogP contribution in [0, 0.1) is 5.92 Å². The minimum Gasteiger partial charge on any atom is -0.336 e. The molecule has 2 aliphatic rings. The molecule has 0 aromatic carbocycles. The van der Waals surface area contributed by atoms with Crippen LogP contribution in [0.3, 0.4) is 0 Å². The summed E-state index contributed by atoms with van der Waals surface area (Å²) in [5.74, 6) is 0.371. The van der Waals surface area contributed by atoms with E-state index in [9.17, 15) is 9.59 Å². The highest BCUT2D eigenvalue weighted by Gasteiger charge is 2.31. The number of urea groups is 1. The quantitative estimate of drug-likeness (QED) is 0.718. The smallest absolute Gasteiger partial charge is 0.324 e. The second kappa shape index (κ2) is 5.67. The summed E-state index contributed by atoms with van der Waals surface area (Å²) in [6.07, 6.45) is 2.20. The SMILES string of the molecule is CC1CCC(CN)CN1CC(=O)N1CCNC1=O. The lowest BCUT2D eigenvalue weighted by Crippen LogP contribution is -2.49. The number of rotatable bonds is 3. The fourth-order valence-corrected chi connectivity index (χ4v) is 2.64. The van der Waals surface area contributed by atoms with E-state index < -0.39 is 0 Å². The number of hydrogen-bond donors (Lipinski definition) is 2. The maximum atomic E-state index is 12.1. The van der Waals surface area contributed by atoms with Crippen molar-refractivity contribution in [1.82, 2.24) is 15.1 Å². The highest BCUT2D eigenvalue weighted by atomic mass is 16.2. The monoisotopic (exact) mass is 254 g/mol. The molecule has 3 amide bonds. The highest BCUT2D eigenvalue weighted by molar-refractivity contribution is 5.96. The zero-order valence-corrected chi connectivity index (χ0v) is 10.9. The molecule has 2 fully saturated rings. The molecule has 0 radical (unpaired) electrons. The Balaban J connectivity index is 1.90. The lowest BCUT2D eigenvalue weighted by molar-refractivity contribution is -0.129. The van der Waals surface area contributed by atoms with Gasteiger partial charge in [0.2, 0.25) is 5.91 Å². The van der Waals surface area contributed by atoms with Crippen molar-refractivity contribution in [3.63, 3.8) is 0 Å². The summed E-state index contributed by atoms with van der Waals surface area (Å²) in [5.41, 5.74) is 5.70. The van der Waals surface area contributed by atoms with E-state index in [2.05, 4.69) is 17.1 Å². The number of nitrogens with two attached hydrogens (primary N) is 1. The van der Waals surface area contributed by atoms with E-state index >= 15 is 0 Å². The van der Waals surface area contributed by atoms with Crippen LogP contribution in [0.25, 0.3) is 0 Å². The lowest BCUT2D eigenvalue weighted by Gasteiger charge is -2.37. The summed E-state index contributed by atoms with van der Waals surface area (Å²) < 4.78 is 0. The molecule has 0 aliphatic carbocycles. The molecule has 0 aromatic heterocycles. The summed E-state index contributed by atoms with van der Waals surface area (Å²) in [6.45, 7) is 5.03. The molecular formula is C12H22N4O2. The van der Waals surface area contributed by atoms with Gasteiger partial charge in [-0.25, -0.2) is 4.79 Å². The second-order valence-electron chi connectivity index (χ2n) is 5.23. The molecule has 3 N–H and O–H groups in total. The third-order valence-electron chi connectivity index (χ3n) is 3.94. The number of carbonyl (C=O) groups is 2. The van der Waals surface area contributed by atoms with Crippen LogP contribution in [0.4, 0.5) is 4.79 Å². The number of piperidine rings is 1. The van der Waals surface area contributed by atoms with Crippen LogP contribution in [0.1, 0.15) is 19.8 Å². The van der Waals surface area contributed by atoms with Crippen LogP contribution in [-0.2, 0) is 4.79 Å². The molecule has 2 rings (SSSR count). The Bertz CT molecular complexity index is 334. The standard InChI is InChI=1S/C12H22N4O2/c1-9-2-3-10(6-13)7-15(9)8-11(17)16-5-4-14-12(16)18/h9-10H,2-8,13H2,1H3,(H,14,18). The summed E-state index contributed by atoms with van der Waals surface area (Å²) in [4.78, 5) is 26.9. The second-order valence-corrected chi connectivity index (χ2v) is 5.23. The lowest BCUT2D eigenvalue weighted by atomic mass is 9.93. The Morgan fingerprint density at radius 1 is 1.50 bits per heavy atom. The number of nitrogens with one attached hydrogen (secondary N) is 1. The summed E-state index contributed by atoms with van der Waals surface area (Å²) >= 11 is 0. The van der Waals surface area contributed by atoms with Gasteiger partial charge in [0, 0.05) is 25.7 Å². The fourth-order valence-electron chi connectivity index (χ4n) is 2.64. The molecular weight excluding hydrogens is 232 g/mol. The summed E-state index contributed by atoms with van der Waals surface area (Å²) in [6, 6.07) is 0.127. The van der Waals surface area contributed by atoms with Crippen molar-refractivity contribution in [2.24, 2.45) is 11.7 Å². The Labute approximate surface area is 107 Å². The number of amides is 3. The molecule has 0 saturated carbocycles. The molecule has 2 unspecified atom stereocenters. The first-order chi connectivity index (χ1) is 8.61. The summed E-state index contributed by atoms with van der Waals surface area (Å²) in [7, 11) is 0. The molecule has 2 aliphatic heterocycles. The van der Waals surface area contributed by atoms with Gasteiger partial charge in [-0.05, 0) is 32.2 Å². The molecule has 0 spiro atoms. The van der Waals surface area contributed by atoms with Crippen LogP contribution in [0.15, 0.2) is 0 Å². The molecule has 2 saturated heterocycles. The van der Waals surface area contributed by atoms with Crippen molar-refractivity contribution in [3.05, 3.63) is 0 Å². The Morgan fingerprint density at radius 3 is 2.89 bits per heavy atom. The van der Waals surface area contributed by atoms with Gasteiger partial charge in [0.25, 0.3) is 0 Å². The predicted octanol–water partition coefficient (Wildman–Crippen LogP) is -0.403. The average Bonchev–Trinajstić information content (AvgIpc) is 2.78. The first-order valence-electron chi connectivity index (χ1n) is 6.64. The van der Waals surface area contributed by atoms with Crippen molar-refractivity contribution in [1.29, 1.82) is 0 Å². The van der Waals surface area contributed by atoms with E-state index in [-0.39, 0.29) is 11.9 Å². The fraction of sp³-hybridized carbons (Fsp3) is 0.833. The van der Waals surface area contributed by atoms with Gasteiger partial charge in [0.15, 0.2) is 0 Å². The minimum absolute atomic E-state index is 0.102. The molecule has 102 valence electrons. The average molecular weight is 254 g/mol. The number of hydrogen-bond acceptors (Lipinski definition) is 4. The normalized spacial score (nSPS) is 29.4. The van der Waals surface area contributed by atoms with Gasteiger partial charge in [-0.3, -0.25) is 14.6 Å². The number of likely N-dealkylation sites (tertiary alicyclic amines) is 1. The molecule has 2 atom stereocenters.